The highest BCUT2D eigenvalue weighted by molar-refractivity contribution is 5.94. The maximum Gasteiger partial charge on any atom is 0.416 e. The minimum atomic E-state index is -4.57. The minimum Gasteiger partial charge on any atom is -0.348 e. The minimum absolute atomic E-state index is 0.0241. The van der Waals surface area contributed by atoms with Crippen molar-refractivity contribution < 1.29 is 18.0 Å². The first-order valence-electron chi connectivity index (χ1n) is 10.1. The third-order valence-corrected chi connectivity index (χ3v) is 5.12. The summed E-state index contributed by atoms with van der Waals surface area (Å²) in [6.45, 7) is 3.79. The summed E-state index contributed by atoms with van der Waals surface area (Å²) >= 11 is 0. The molecule has 1 amide bonds. The van der Waals surface area contributed by atoms with E-state index in [2.05, 4.69) is 20.5 Å². The molecule has 1 N–H and O–H groups in total. The quantitative estimate of drug-likeness (QED) is 0.476. The second kappa shape index (κ2) is 8.89. The van der Waals surface area contributed by atoms with Crippen LogP contribution in [-0.2, 0) is 19.3 Å². The van der Waals surface area contributed by atoms with Crippen LogP contribution in [0.1, 0.15) is 38.4 Å². The molecule has 0 saturated heterocycles. The summed E-state index contributed by atoms with van der Waals surface area (Å²) in [7, 11) is 0. The fourth-order valence-electron chi connectivity index (χ4n) is 3.55. The Hall–Kier alpha value is -3.95. The third-order valence-electron chi connectivity index (χ3n) is 5.12. The molecule has 4 aromatic rings. The van der Waals surface area contributed by atoms with Gasteiger partial charge < -0.3 is 5.32 Å². The Morgan fingerprint density at radius 2 is 1.82 bits per heavy atom. The van der Waals surface area contributed by atoms with Crippen LogP contribution in [0.3, 0.4) is 0 Å². The maximum absolute atomic E-state index is 13.7. The van der Waals surface area contributed by atoms with Crippen LogP contribution in [0.5, 0.6) is 0 Å². The van der Waals surface area contributed by atoms with Gasteiger partial charge in [0.25, 0.3) is 5.91 Å². The number of hydrogen-bond acceptors (Lipinski definition) is 4. The molecule has 0 fully saturated rings. The van der Waals surface area contributed by atoms with Gasteiger partial charge in [0, 0.05) is 17.8 Å². The zero-order valence-corrected chi connectivity index (χ0v) is 18.0. The van der Waals surface area contributed by atoms with Gasteiger partial charge >= 0.3 is 6.18 Å². The maximum atomic E-state index is 13.7. The molecule has 0 aliphatic rings. The van der Waals surface area contributed by atoms with Crippen molar-refractivity contribution in [3.05, 3.63) is 94.8 Å². The van der Waals surface area contributed by atoms with Gasteiger partial charge in [0.1, 0.15) is 12.7 Å². The molecule has 33 heavy (non-hydrogen) atoms. The lowest BCUT2D eigenvalue weighted by Gasteiger charge is -2.16. The first-order valence-corrected chi connectivity index (χ1v) is 10.1. The Balaban J connectivity index is 1.49. The highest BCUT2D eigenvalue weighted by atomic mass is 19.4. The van der Waals surface area contributed by atoms with E-state index in [4.69, 9.17) is 0 Å². The zero-order chi connectivity index (χ0) is 23.6. The van der Waals surface area contributed by atoms with Gasteiger partial charge in [-0.05, 0) is 55.3 Å². The van der Waals surface area contributed by atoms with Gasteiger partial charge in [0.05, 0.1) is 23.5 Å². The first-order chi connectivity index (χ1) is 15.7. The molecule has 7 nitrogen and oxygen atoms in total. The molecule has 0 aliphatic heterocycles. The number of halogens is 3. The van der Waals surface area contributed by atoms with Crippen LogP contribution in [-0.4, -0.2) is 30.5 Å². The van der Waals surface area contributed by atoms with Gasteiger partial charge in [-0.2, -0.15) is 23.4 Å². The molecule has 0 atom stereocenters. The van der Waals surface area contributed by atoms with Crippen molar-refractivity contribution >= 4 is 5.91 Å². The SMILES string of the molecule is Cc1cc(C)n(-c2ccc(CNC(=O)c3ccc(Cn4cncn4)cc3)c(C(F)(F)F)c2)n1. The summed E-state index contributed by atoms with van der Waals surface area (Å²) in [5.74, 6) is -0.460. The lowest BCUT2D eigenvalue weighted by atomic mass is 10.1. The standard InChI is InChI=1S/C23H21F3N6O/c1-15-9-16(2)32(30-15)20-8-7-19(21(10-20)23(24,25)26)11-28-22(33)18-5-3-17(4-6-18)12-31-14-27-13-29-31/h3-10,13-14H,11-12H2,1-2H3,(H,28,33). The van der Waals surface area contributed by atoms with E-state index in [0.717, 1.165) is 17.3 Å². The predicted octanol–water partition coefficient (Wildman–Crippen LogP) is 4.08. The highest BCUT2D eigenvalue weighted by Gasteiger charge is 2.34. The van der Waals surface area contributed by atoms with Crippen molar-refractivity contribution in [1.82, 2.24) is 29.9 Å². The average Bonchev–Trinajstić information content (AvgIpc) is 3.40. The zero-order valence-electron chi connectivity index (χ0n) is 18.0. The van der Waals surface area contributed by atoms with E-state index in [1.165, 1.54) is 17.1 Å². The van der Waals surface area contributed by atoms with Crippen molar-refractivity contribution in [2.75, 3.05) is 0 Å². The van der Waals surface area contributed by atoms with Gasteiger partial charge in [0.15, 0.2) is 0 Å². The Bertz CT molecular complexity index is 1260. The molecular formula is C23H21F3N6O. The summed E-state index contributed by atoms with van der Waals surface area (Å²) in [4.78, 5) is 16.4. The second-order valence-electron chi connectivity index (χ2n) is 7.65. The van der Waals surface area contributed by atoms with Crippen molar-refractivity contribution in [1.29, 1.82) is 0 Å². The average molecular weight is 454 g/mol. The van der Waals surface area contributed by atoms with Gasteiger partial charge in [-0.3, -0.25) is 4.79 Å². The van der Waals surface area contributed by atoms with Crippen LogP contribution < -0.4 is 5.32 Å². The topological polar surface area (TPSA) is 77.6 Å². The van der Waals surface area contributed by atoms with E-state index in [1.807, 2.05) is 0 Å². The number of rotatable bonds is 6. The number of carbonyl (C=O) groups is 1. The molecule has 10 heteroatoms. The van der Waals surface area contributed by atoms with Gasteiger partial charge in [-0.25, -0.2) is 14.3 Å². The Morgan fingerprint density at radius 3 is 2.42 bits per heavy atom. The van der Waals surface area contributed by atoms with E-state index >= 15 is 0 Å². The molecule has 2 aromatic carbocycles. The smallest absolute Gasteiger partial charge is 0.348 e. The summed E-state index contributed by atoms with van der Waals surface area (Å²) in [6.07, 6.45) is -1.56. The largest absolute Gasteiger partial charge is 0.416 e. The van der Waals surface area contributed by atoms with Gasteiger partial charge in [-0.15, -0.1) is 0 Å². The number of alkyl halides is 3. The molecular weight excluding hydrogens is 433 g/mol. The van der Waals surface area contributed by atoms with E-state index < -0.39 is 17.6 Å². The number of hydrogen-bond donors (Lipinski definition) is 1. The van der Waals surface area contributed by atoms with Crippen LogP contribution in [0.15, 0.2) is 61.2 Å². The molecule has 0 spiro atoms. The molecule has 2 heterocycles. The Kier molecular flexibility index (Phi) is 5.99. The lowest BCUT2D eigenvalue weighted by molar-refractivity contribution is -0.138. The molecule has 0 radical (unpaired) electrons. The second-order valence-corrected chi connectivity index (χ2v) is 7.65. The predicted molar refractivity (Wildman–Crippen MR) is 115 cm³/mol. The van der Waals surface area contributed by atoms with Crippen molar-refractivity contribution in [2.24, 2.45) is 0 Å². The molecule has 0 aliphatic carbocycles. The van der Waals surface area contributed by atoms with Crippen molar-refractivity contribution in [3.63, 3.8) is 0 Å². The monoisotopic (exact) mass is 454 g/mol. The molecule has 170 valence electrons. The van der Waals surface area contributed by atoms with E-state index in [-0.39, 0.29) is 12.1 Å². The number of benzene rings is 2. The highest BCUT2D eigenvalue weighted by Crippen LogP contribution is 2.33. The molecule has 0 bridgehead atoms. The third kappa shape index (κ3) is 5.11. The summed E-state index contributed by atoms with van der Waals surface area (Å²) < 4.78 is 44.3. The number of aryl methyl sites for hydroxylation is 2. The van der Waals surface area contributed by atoms with Crippen molar-refractivity contribution in [2.45, 2.75) is 33.1 Å². The molecule has 0 unspecified atom stereocenters. The number of nitrogens with one attached hydrogen (secondary N) is 1. The Labute approximate surface area is 187 Å². The van der Waals surface area contributed by atoms with E-state index in [0.29, 0.717) is 23.5 Å². The van der Waals surface area contributed by atoms with Gasteiger partial charge in [-0.1, -0.05) is 18.2 Å². The summed E-state index contributed by atoms with van der Waals surface area (Å²) in [5.41, 5.74) is 2.19. The van der Waals surface area contributed by atoms with Crippen LogP contribution in [0.2, 0.25) is 0 Å². The van der Waals surface area contributed by atoms with Crippen LogP contribution >= 0.6 is 0 Å². The summed E-state index contributed by atoms with van der Waals surface area (Å²) in [6, 6.07) is 12.6. The number of aromatic nitrogens is 5. The van der Waals surface area contributed by atoms with Crippen LogP contribution in [0, 0.1) is 13.8 Å². The Morgan fingerprint density at radius 1 is 1.06 bits per heavy atom. The van der Waals surface area contributed by atoms with E-state index in [1.54, 1.807) is 61.3 Å². The molecule has 0 saturated carbocycles. The van der Waals surface area contributed by atoms with E-state index in [9.17, 15) is 18.0 Å². The van der Waals surface area contributed by atoms with Crippen LogP contribution in [0.25, 0.3) is 5.69 Å². The fraction of sp³-hybridized carbons (Fsp3) is 0.217. The molecule has 4 rings (SSSR count). The molecule has 2 aromatic heterocycles. The number of nitrogens with zero attached hydrogens (tertiary/aromatic N) is 5. The van der Waals surface area contributed by atoms with Gasteiger partial charge in [0.2, 0.25) is 0 Å². The number of amides is 1. The summed E-state index contributed by atoms with van der Waals surface area (Å²) in [5, 5.41) is 10.8. The first kappa shape index (κ1) is 22.3. The lowest BCUT2D eigenvalue weighted by Crippen LogP contribution is -2.24. The normalized spacial score (nSPS) is 11.5. The van der Waals surface area contributed by atoms with Crippen LogP contribution in [0.4, 0.5) is 13.2 Å². The van der Waals surface area contributed by atoms with Crippen molar-refractivity contribution in [3.8, 4) is 5.69 Å². The number of carbonyl (C=O) groups excluding carboxylic acids is 1. The fourth-order valence-corrected chi connectivity index (χ4v) is 3.55.